The van der Waals surface area contributed by atoms with E-state index in [1.807, 2.05) is 12.1 Å². The molecule has 0 saturated carbocycles. The lowest BCUT2D eigenvalue weighted by atomic mass is 10.0. The number of hydrogen-bond donors (Lipinski definition) is 0. The highest BCUT2D eigenvalue weighted by Gasteiger charge is 2.28. The van der Waals surface area contributed by atoms with E-state index < -0.39 is 5.91 Å². The third kappa shape index (κ3) is 4.61. The number of aromatic nitrogens is 1. The van der Waals surface area contributed by atoms with Gasteiger partial charge in [-0.2, -0.15) is 10.1 Å². The summed E-state index contributed by atoms with van der Waals surface area (Å²) in [7, 11) is 0. The van der Waals surface area contributed by atoms with Gasteiger partial charge in [0.1, 0.15) is 12.3 Å². The summed E-state index contributed by atoms with van der Waals surface area (Å²) >= 11 is 12.7. The summed E-state index contributed by atoms with van der Waals surface area (Å²) < 4.78 is 5.78. The van der Waals surface area contributed by atoms with Crippen molar-refractivity contribution in [2.24, 2.45) is 10.1 Å². The number of rotatable bonds is 4. The second-order valence-corrected chi connectivity index (χ2v) is 7.89. The number of pyridine rings is 1. The molecule has 2 aromatic rings. The third-order valence-corrected chi connectivity index (χ3v) is 5.33. The fraction of sp³-hybridized carbons (Fsp3) is 0.182. The molecule has 0 unspecified atom stereocenters. The Morgan fingerprint density at radius 3 is 2.53 bits per heavy atom. The van der Waals surface area contributed by atoms with Crippen LogP contribution in [0, 0.1) is 0 Å². The van der Waals surface area contributed by atoms with Crippen molar-refractivity contribution < 1.29 is 19.1 Å². The number of hydrogen-bond acceptors (Lipinski definition) is 7. The van der Waals surface area contributed by atoms with Crippen molar-refractivity contribution in [1.82, 2.24) is 4.98 Å². The van der Waals surface area contributed by atoms with Gasteiger partial charge < -0.3 is 4.74 Å². The molecule has 1 amide bonds. The van der Waals surface area contributed by atoms with Gasteiger partial charge >= 0.3 is 0 Å². The Morgan fingerprint density at radius 2 is 1.84 bits per heavy atom. The van der Waals surface area contributed by atoms with Gasteiger partial charge in [0.2, 0.25) is 5.90 Å². The molecule has 8 nitrogen and oxygen atoms in total. The van der Waals surface area contributed by atoms with E-state index >= 15 is 0 Å². The average molecular weight is 471 g/mol. The van der Waals surface area contributed by atoms with Gasteiger partial charge in [-0.15, -0.1) is 0 Å². The summed E-state index contributed by atoms with van der Waals surface area (Å²) in [5, 5.41) is 5.33. The average Bonchev–Trinajstić information content (AvgIpc) is 2.76. The molecular formula is C22H16Cl2N4O4. The fourth-order valence-corrected chi connectivity index (χ4v) is 3.66. The second-order valence-electron chi connectivity index (χ2n) is 7.08. The second kappa shape index (κ2) is 9.02. The lowest BCUT2D eigenvalue weighted by Gasteiger charge is -2.22. The number of ketones is 2. The van der Waals surface area contributed by atoms with Gasteiger partial charge in [0, 0.05) is 30.0 Å². The third-order valence-electron chi connectivity index (χ3n) is 4.77. The lowest BCUT2D eigenvalue weighted by molar-refractivity contribution is -0.124. The number of carbonyl (C=O) groups excluding carboxylic acids is 3. The summed E-state index contributed by atoms with van der Waals surface area (Å²) in [6, 6.07) is 8.39. The molecule has 1 aromatic carbocycles. The van der Waals surface area contributed by atoms with Crippen LogP contribution in [0.15, 0.2) is 58.3 Å². The Kier molecular flexibility index (Phi) is 6.16. The van der Waals surface area contributed by atoms with Gasteiger partial charge in [0.25, 0.3) is 5.91 Å². The highest BCUT2D eigenvalue weighted by Crippen LogP contribution is 2.38. The number of hydrazone groups is 1. The Morgan fingerprint density at radius 1 is 1.09 bits per heavy atom. The van der Waals surface area contributed by atoms with Crippen molar-refractivity contribution in [3.8, 4) is 5.75 Å². The number of Topliss-reactive ketones (excluding diaryl/α,β-unsaturated/α-hetero) is 2. The molecular weight excluding hydrogens is 455 g/mol. The molecule has 0 saturated heterocycles. The van der Waals surface area contributed by atoms with E-state index in [9.17, 15) is 14.4 Å². The molecule has 162 valence electrons. The zero-order valence-corrected chi connectivity index (χ0v) is 18.4. The molecule has 0 radical (unpaired) electrons. The van der Waals surface area contributed by atoms with Crippen molar-refractivity contribution in [3.63, 3.8) is 0 Å². The zero-order chi connectivity index (χ0) is 22.8. The minimum absolute atomic E-state index is 0.0639. The van der Waals surface area contributed by atoms with E-state index in [-0.39, 0.29) is 51.9 Å². The standard InChI is InChI=1S/C22H16Cl2N4O4/c1-12-18(29)10-21(31)28(27-12)15-8-16(23)22(17(24)9-15)32-20-7-13(19(30)11-26-20)6-14-4-2-3-5-25-14/h2-5,7-9H,6,10-11H2,1H3. The van der Waals surface area contributed by atoms with Crippen molar-refractivity contribution in [1.29, 1.82) is 0 Å². The zero-order valence-electron chi connectivity index (χ0n) is 16.8. The van der Waals surface area contributed by atoms with Gasteiger partial charge in [-0.1, -0.05) is 29.3 Å². The highest BCUT2D eigenvalue weighted by atomic mass is 35.5. The molecule has 10 heteroatoms. The smallest absolute Gasteiger partial charge is 0.255 e. The van der Waals surface area contributed by atoms with E-state index in [0.717, 1.165) is 10.7 Å². The van der Waals surface area contributed by atoms with E-state index in [2.05, 4.69) is 15.1 Å². The Bertz CT molecular complexity index is 1200. The predicted octanol–water partition coefficient (Wildman–Crippen LogP) is 3.60. The van der Waals surface area contributed by atoms with Gasteiger partial charge in [0.15, 0.2) is 17.3 Å². The number of halogens is 2. The molecule has 0 fully saturated rings. The maximum atomic E-state index is 12.2. The Labute approximate surface area is 193 Å². The van der Waals surface area contributed by atoms with Gasteiger partial charge in [-0.25, -0.2) is 4.99 Å². The van der Waals surface area contributed by atoms with Crippen LogP contribution in [0.25, 0.3) is 0 Å². The largest absolute Gasteiger partial charge is 0.436 e. The molecule has 0 aliphatic carbocycles. The number of amides is 1. The van der Waals surface area contributed by atoms with Crippen LogP contribution >= 0.6 is 23.2 Å². The summed E-state index contributed by atoms with van der Waals surface area (Å²) in [6.07, 6.45) is 3.26. The normalized spacial score (nSPS) is 16.5. The van der Waals surface area contributed by atoms with Crippen LogP contribution in [0.3, 0.4) is 0 Å². The topological polar surface area (TPSA) is 101 Å². The van der Waals surface area contributed by atoms with Crippen molar-refractivity contribution in [2.45, 2.75) is 19.8 Å². The number of anilines is 1. The molecule has 2 aliphatic heterocycles. The number of benzene rings is 1. The molecule has 2 aliphatic rings. The molecule has 0 atom stereocenters. The van der Waals surface area contributed by atoms with Crippen LogP contribution in [0.5, 0.6) is 5.75 Å². The van der Waals surface area contributed by atoms with Crippen molar-refractivity contribution in [2.75, 3.05) is 11.6 Å². The van der Waals surface area contributed by atoms with Crippen LogP contribution in [-0.2, 0) is 20.8 Å². The quantitative estimate of drug-likeness (QED) is 0.635. The molecule has 4 rings (SSSR count). The van der Waals surface area contributed by atoms with E-state index in [4.69, 9.17) is 27.9 Å². The maximum absolute atomic E-state index is 12.2. The molecule has 1 aromatic heterocycles. The first-order valence-electron chi connectivity index (χ1n) is 9.58. The predicted molar refractivity (Wildman–Crippen MR) is 121 cm³/mol. The first kappa shape index (κ1) is 21.9. The minimum Gasteiger partial charge on any atom is -0.436 e. The van der Waals surface area contributed by atoms with Gasteiger partial charge in [-0.3, -0.25) is 19.4 Å². The number of nitrogens with zero attached hydrogens (tertiary/aromatic N) is 4. The van der Waals surface area contributed by atoms with Gasteiger partial charge in [0.05, 0.1) is 22.2 Å². The van der Waals surface area contributed by atoms with E-state index in [1.165, 1.54) is 25.1 Å². The highest BCUT2D eigenvalue weighted by molar-refractivity contribution is 6.44. The van der Waals surface area contributed by atoms with Crippen molar-refractivity contribution >= 4 is 58.0 Å². The van der Waals surface area contributed by atoms with E-state index in [0.29, 0.717) is 17.7 Å². The number of carbonyl (C=O) groups is 3. The molecule has 32 heavy (non-hydrogen) atoms. The summed E-state index contributed by atoms with van der Waals surface area (Å²) in [4.78, 5) is 44.5. The van der Waals surface area contributed by atoms with Crippen molar-refractivity contribution in [3.05, 3.63) is 63.9 Å². The van der Waals surface area contributed by atoms with Crippen LogP contribution in [0.1, 0.15) is 19.0 Å². The Balaban J connectivity index is 1.58. The van der Waals surface area contributed by atoms with E-state index in [1.54, 1.807) is 12.3 Å². The molecule has 0 N–H and O–H groups in total. The number of dihydropyridines is 1. The molecule has 0 spiro atoms. The monoisotopic (exact) mass is 470 g/mol. The summed E-state index contributed by atoms with van der Waals surface area (Å²) in [5.74, 6) is -0.636. The Hall–Kier alpha value is -3.36. The van der Waals surface area contributed by atoms with Crippen LogP contribution < -0.4 is 9.75 Å². The SMILES string of the molecule is CC1=NN(c2cc(Cl)c(OC3=NCC(=O)C(Cc4ccccn4)=C3)c(Cl)c2)C(=O)CC1=O. The van der Waals surface area contributed by atoms with Crippen LogP contribution in [0.2, 0.25) is 10.0 Å². The van der Waals surface area contributed by atoms with Gasteiger partial charge in [-0.05, 0) is 31.2 Å². The first-order valence-corrected chi connectivity index (χ1v) is 10.3. The first-order chi connectivity index (χ1) is 15.3. The van der Waals surface area contributed by atoms with Crippen LogP contribution in [-0.4, -0.2) is 40.6 Å². The van der Waals surface area contributed by atoms with Crippen LogP contribution in [0.4, 0.5) is 5.69 Å². The summed E-state index contributed by atoms with van der Waals surface area (Å²) in [5.41, 5.74) is 1.76. The number of ether oxygens (including phenoxy) is 1. The lowest BCUT2D eigenvalue weighted by Crippen LogP contribution is -2.36. The number of aliphatic imine (C=N–C) groups is 1. The molecule has 3 heterocycles. The molecule has 0 bridgehead atoms. The fourth-order valence-electron chi connectivity index (χ4n) is 3.11. The maximum Gasteiger partial charge on any atom is 0.255 e. The minimum atomic E-state index is -0.487. The summed E-state index contributed by atoms with van der Waals surface area (Å²) in [6.45, 7) is 1.46.